The number of nitrogens with zero attached hydrogens (tertiary/aromatic N) is 3. The lowest BCUT2D eigenvalue weighted by atomic mass is 10.1. The molecule has 0 bridgehead atoms. The Bertz CT molecular complexity index is 570. The zero-order valence-corrected chi connectivity index (χ0v) is 16.6. The average molecular weight is 384 g/mol. The van der Waals surface area contributed by atoms with Crippen molar-refractivity contribution in [2.45, 2.75) is 64.8 Å². The first-order chi connectivity index (χ1) is 12.6. The van der Waals surface area contributed by atoms with Gasteiger partial charge >= 0.3 is 0 Å². The van der Waals surface area contributed by atoms with Crippen LogP contribution in [0.2, 0.25) is 0 Å². The van der Waals surface area contributed by atoms with Crippen LogP contribution in [0.1, 0.15) is 40.5 Å². The first-order valence-electron chi connectivity index (χ1n) is 9.66. The Balaban J connectivity index is 1.95. The molecule has 27 heavy (non-hydrogen) atoms. The van der Waals surface area contributed by atoms with Gasteiger partial charge in [-0.15, -0.1) is 0 Å². The SMILES string of the molecule is CCC(C)N1CC(O)CC1C(=O)NCC(=O)N1CC(O)CN1C(=O)C(C)C. The molecule has 2 saturated heterocycles. The molecule has 9 heteroatoms. The van der Waals surface area contributed by atoms with Crippen molar-refractivity contribution in [2.75, 3.05) is 26.2 Å². The molecule has 0 spiro atoms. The maximum absolute atomic E-state index is 12.6. The fourth-order valence-corrected chi connectivity index (χ4v) is 3.59. The largest absolute Gasteiger partial charge is 0.392 e. The van der Waals surface area contributed by atoms with E-state index in [1.54, 1.807) is 13.8 Å². The summed E-state index contributed by atoms with van der Waals surface area (Å²) in [6, 6.07) is -0.318. The lowest BCUT2D eigenvalue weighted by Gasteiger charge is -2.30. The molecule has 3 amide bonds. The van der Waals surface area contributed by atoms with Crippen LogP contribution in [0.5, 0.6) is 0 Å². The summed E-state index contributed by atoms with van der Waals surface area (Å²) in [5, 5.41) is 24.9. The molecule has 2 aliphatic rings. The van der Waals surface area contributed by atoms with Gasteiger partial charge in [-0.1, -0.05) is 20.8 Å². The quantitative estimate of drug-likeness (QED) is 0.538. The third kappa shape index (κ3) is 4.97. The summed E-state index contributed by atoms with van der Waals surface area (Å²) < 4.78 is 0. The van der Waals surface area contributed by atoms with Crippen LogP contribution in [0.25, 0.3) is 0 Å². The standard InChI is InChI=1S/C18H32N4O5/c1-5-12(4)20-8-13(23)6-15(20)17(26)19-7-16(25)21-9-14(24)10-22(21)18(27)11(2)3/h11-15,23-24H,5-10H2,1-4H3,(H,19,26). The van der Waals surface area contributed by atoms with Crippen LogP contribution >= 0.6 is 0 Å². The molecular formula is C18H32N4O5. The van der Waals surface area contributed by atoms with E-state index in [9.17, 15) is 24.6 Å². The Morgan fingerprint density at radius 1 is 1.04 bits per heavy atom. The monoisotopic (exact) mass is 384 g/mol. The maximum atomic E-state index is 12.6. The molecule has 3 N–H and O–H groups in total. The molecule has 4 unspecified atom stereocenters. The summed E-state index contributed by atoms with van der Waals surface area (Å²) in [4.78, 5) is 39.3. The van der Waals surface area contributed by atoms with Gasteiger partial charge in [0.1, 0.15) is 0 Å². The van der Waals surface area contributed by atoms with Crippen molar-refractivity contribution in [1.29, 1.82) is 0 Å². The first kappa shape index (κ1) is 21.6. The number of carbonyl (C=O) groups is 3. The van der Waals surface area contributed by atoms with Crippen LogP contribution in [0.15, 0.2) is 0 Å². The Labute approximate surface area is 160 Å². The van der Waals surface area contributed by atoms with Crippen LogP contribution in [0.3, 0.4) is 0 Å². The number of likely N-dealkylation sites (tertiary alicyclic amines) is 1. The molecular weight excluding hydrogens is 352 g/mol. The van der Waals surface area contributed by atoms with Crippen LogP contribution in [0, 0.1) is 5.92 Å². The zero-order chi connectivity index (χ0) is 20.3. The number of hydrogen-bond acceptors (Lipinski definition) is 6. The predicted octanol–water partition coefficient (Wildman–Crippen LogP) is -1.06. The summed E-state index contributed by atoms with van der Waals surface area (Å²) in [6.45, 7) is 7.78. The second-order valence-electron chi connectivity index (χ2n) is 7.78. The fraction of sp³-hybridized carbons (Fsp3) is 0.833. The van der Waals surface area contributed by atoms with Gasteiger partial charge in [0.05, 0.1) is 37.9 Å². The molecule has 0 aliphatic carbocycles. The van der Waals surface area contributed by atoms with Crippen molar-refractivity contribution < 1.29 is 24.6 Å². The second kappa shape index (κ2) is 8.99. The number of aliphatic hydroxyl groups excluding tert-OH is 2. The number of hydrogen-bond donors (Lipinski definition) is 3. The number of carbonyl (C=O) groups excluding carboxylic acids is 3. The van der Waals surface area contributed by atoms with E-state index in [1.165, 1.54) is 10.0 Å². The van der Waals surface area contributed by atoms with Crippen molar-refractivity contribution in [3.8, 4) is 0 Å². The van der Waals surface area contributed by atoms with E-state index in [0.29, 0.717) is 13.0 Å². The van der Waals surface area contributed by atoms with Gasteiger partial charge in [0.25, 0.3) is 5.91 Å². The van der Waals surface area contributed by atoms with Crippen molar-refractivity contribution in [3.63, 3.8) is 0 Å². The molecule has 0 aromatic rings. The molecule has 2 heterocycles. The highest BCUT2D eigenvalue weighted by atomic mass is 16.3. The zero-order valence-electron chi connectivity index (χ0n) is 16.6. The van der Waals surface area contributed by atoms with Gasteiger partial charge in [0.15, 0.2) is 0 Å². The van der Waals surface area contributed by atoms with Crippen LogP contribution < -0.4 is 5.32 Å². The summed E-state index contributed by atoms with van der Waals surface area (Å²) in [6.07, 6.45) is -0.158. The van der Waals surface area contributed by atoms with Gasteiger partial charge in [0, 0.05) is 18.5 Å². The minimum Gasteiger partial charge on any atom is -0.392 e. The molecule has 9 nitrogen and oxygen atoms in total. The minimum atomic E-state index is -0.793. The number of β-amino-alcohol motifs (C(OH)–C–C–N with tert-alkyl or cyclic N) is 2. The summed E-state index contributed by atoms with van der Waals surface area (Å²) in [7, 11) is 0. The number of nitrogens with one attached hydrogen (secondary N) is 1. The smallest absolute Gasteiger partial charge is 0.260 e. The topological polar surface area (TPSA) is 113 Å². The third-order valence-corrected chi connectivity index (χ3v) is 5.29. The van der Waals surface area contributed by atoms with Gasteiger partial charge in [-0.25, -0.2) is 10.0 Å². The summed E-state index contributed by atoms with van der Waals surface area (Å²) in [5.74, 6) is -1.29. The molecule has 0 aromatic heterocycles. The highest BCUT2D eigenvalue weighted by Crippen LogP contribution is 2.22. The molecule has 4 atom stereocenters. The number of aliphatic hydroxyl groups is 2. The van der Waals surface area contributed by atoms with E-state index < -0.39 is 24.2 Å². The van der Waals surface area contributed by atoms with Crippen LogP contribution in [-0.2, 0) is 14.4 Å². The Kier molecular flexibility index (Phi) is 7.19. The number of hydrazine groups is 1. The Morgan fingerprint density at radius 2 is 1.67 bits per heavy atom. The number of rotatable bonds is 6. The van der Waals surface area contributed by atoms with Gasteiger partial charge in [-0.3, -0.25) is 19.3 Å². The highest BCUT2D eigenvalue weighted by molar-refractivity contribution is 5.89. The van der Waals surface area contributed by atoms with Crippen molar-refractivity contribution in [1.82, 2.24) is 20.2 Å². The lowest BCUT2D eigenvalue weighted by molar-refractivity contribution is -0.159. The molecule has 0 saturated carbocycles. The third-order valence-electron chi connectivity index (χ3n) is 5.29. The van der Waals surface area contributed by atoms with E-state index in [-0.39, 0.29) is 43.4 Å². The molecule has 0 aromatic carbocycles. The van der Waals surface area contributed by atoms with Crippen LogP contribution in [0.4, 0.5) is 0 Å². The minimum absolute atomic E-state index is 0.0360. The van der Waals surface area contributed by atoms with Crippen molar-refractivity contribution >= 4 is 17.7 Å². The Hall–Kier alpha value is -1.71. The van der Waals surface area contributed by atoms with Crippen molar-refractivity contribution in [3.05, 3.63) is 0 Å². The fourth-order valence-electron chi connectivity index (χ4n) is 3.59. The van der Waals surface area contributed by atoms with Gasteiger partial charge < -0.3 is 15.5 Å². The molecule has 2 aliphatic heterocycles. The van der Waals surface area contributed by atoms with E-state index >= 15 is 0 Å². The van der Waals surface area contributed by atoms with Gasteiger partial charge in [0.2, 0.25) is 11.8 Å². The van der Waals surface area contributed by atoms with Crippen molar-refractivity contribution in [2.24, 2.45) is 5.92 Å². The van der Waals surface area contributed by atoms with E-state index in [0.717, 1.165) is 6.42 Å². The first-order valence-corrected chi connectivity index (χ1v) is 9.66. The highest BCUT2D eigenvalue weighted by Gasteiger charge is 2.39. The maximum Gasteiger partial charge on any atom is 0.260 e. The van der Waals surface area contributed by atoms with Gasteiger partial charge in [-0.05, 0) is 19.8 Å². The van der Waals surface area contributed by atoms with Crippen LogP contribution in [-0.4, -0.2) is 93.3 Å². The summed E-state index contributed by atoms with van der Waals surface area (Å²) in [5.41, 5.74) is 0. The molecule has 0 radical (unpaired) electrons. The number of amides is 3. The van der Waals surface area contributed by atoms with E-state index in [1.807, 2.05) is 18.7 Å². The second-order valence-corrected chi connectivity index (χ2v) is 7.78. The average Bonchev–Trinajstić information content (AvgIpc) is 3.20. The van der Waals surface area contributed by atoms with Gasteiger partial charge in [-0.2, -0.15) is 0 Å². The summed E-state index contributed by atoms with van der Waals surface area (Å²) >= 11 is 0. The van der Waals surface area contributed by atoms with E-state index in [4.69, 9.17) is 0 Å². The molecule has 2 rings (SSSR count). The molecule has 2 fully saturated rings. The normalized spacial score (nSPS) is 27.3. The predicted molar refractivity (Wildman–Crippen MR) is 98.2 cm³/mol. The molecule has 154 valence electrons. The Morgan fingerprint density at radius 3 is 2.26 bits per heavy atom. The lowest BCUT2D eigenvalue weighted by Crippen LogP contribution is -2.52. The van der Waals surface area contributed by atoms with E-state index in [2.05, 4.69) is 5.32 Å².